The van der Waals surface area contributed by atoms with Gasteiger partial charge in [0.15, 0.2) is 0 Å². The van der Waals surface area contributed by atoms with Crippen LogP contribution in [0.3, 0.4) is 0 Å². The lowest BCUT2D eigenvalue weighted by molar-refractivity contribution is 0.0914. The molecule has 116 valence electrons. The highest BCUT2D eigenvalue weighted by molar-refractivity contribution is 4.89. The van der Waals surface area contributed by atoms with Gasteiger partial charge in [-0.1, -0.05) is 32.6 Å². The quantitative estimate of drug-likeness (QED) is 0.795. The van der Waals surface area contributed by atoms with Gasteiger partial charge < -0.3 is 5.32 Å². The van der Waals surface area contributed by atoms with Crippen molar-refractivity contribution in [2.45, 2.75) is 83.2 Å². The monoisotopic (exact) mass is 278 g/mol. The summed E-state index contributed by atoms with van der Waals surface area (Å²) in [6.45, 7) is 6.37. The largest absolute Gasteiger partial charge is 0.312 e. The first-order valence-electron chi connectivity index (χ1n) is 9.32. The molecule has 0 aromatic heterocycles. The topological polar surface area (TPSA) is 15.3 Å². The van der Waals surface area contributed by atoms with Crippen LogP contribution in [0.5, 0.6) is 0 Å². The molecule has 2 aliphatic carbocycles. The molecule has 3 rings (SSSR count). The molecule has 2 unspecified atom stereocenters. The predicted octanol–water partition coefficient (Wildman–Crippen LogP) is 3.81. The number of piperidine rings is 1. The lowest BCUT2D eigenvalue weighted by Gasteiger charge is -2.42. The Morgan fingerprint density at radius 1 is 0.950 bits per heavy atom. The zero-order valence-electron chi connectivity index (χ0n) is 13.4. The zero-order chi connectivity index (χ0) is 13.8. The van der Waals surface area contributed by atoms with E-state index in [9.17, 15) is 0 Å². The Labute approximate surface area is 125 Å². The van der Waals surface area contributed by atoms with E-state index in [1.165, 1.54) is 83.8 Å². The summed E-state index contributed by atoms with van der Waals surface area (Å²) in [4.78, 5) is 2.86. The Balaban J connectivity index is 1.51. The molecule has 0 aromatic carbocycles. The van der Waals surface area contributed by atoms with Gasteiger partial charge in [0, 0.05) is 25.2 Å². The summed E-state index contributed by atoms with van der Waals surface area (Å²) < 4.78 is 0. The summed E-state index contributed by atoms with van der Waals surface area (Å²) in [5.41, 5.74) is 0. The molecule has 3 aliphatic rings. The third kappa shape index (κ3) is 3.76. The van der Waals surface area contributed by atoms with Gasteiger partial charge in [-0.15, -0.1) is 0 Å². The second-order valence-corrected chi connectivity index (χ2v) is 7.68. The van der Waals surface area contributed by atoms with E-state index in [2.05, 4.69) is 17.1 Å². The molecule has 1 aliphatic heterocycles. The Morgan fingerprint density at radius 2 is 1.75 bits per heavy atom. The van der Waals surface area contributed by atoms with Crippen LogP contribution in [-0.2, 0) is 0 Å². The average molecular weight is 278 g/mol. The van der Waals surface area contributed by atoms with Crippen molar-refractivity contribution in [3.05, 3.63) is 0 Å². The fraction of sp³-hybridized carbons (Fsp3) is 1.00. The molecule has 2 saturated carbocycles. The molecule has 2 nitrogen and oxygen atoms in total. The molecule has 0 bridgehead atoms. The highest BCUT2D eigenvalue weighted by atomic mass is 15.2. The third-order valence-electron chi connectivity index (χ3n) is 6.02. The average Bonchev–Trinajstić information content (AvgIpc) is 2.91. The standard InChI is InChI=1S/C18H34N2/c1-2-6-16-11-17(19-12-15-7-5-8-15)14-20(13-16)18-9-3-4-10-18/h15-19H,2-14H2,1H3. The fourth-order valence-corrected chi connectivity index (χ4v) is 4.60. The summed E-state index contributed by atoms with van der Waals surface area (Å²) in [6, 6.07) is 1.70. The van der Waals surface area contributed by atoms with Crippen molar-refractivity contribution >= 4 is 0 Å². The molecule has 3 fully saturated rings. The van der Waals surface area contributed by atoms with E-state index in [-0.39, 0.29) is 0 Å². The molecular weight excluding hydrogens is 244 g/mol. The summed E-state index contributed by atoms with van der Waals surface area (Å²) >= 11 is 0. The molecule has 1 heterocycles. The van der Waals surface area contributed by atoms with Crippen molar-refractivity contribution in [3.63, 3.8) is 0 Å². The minimum Gasteiger partial charge on any atom is -0.312 e. The van der Waals surface area contributed by atoms with Crippen molar-refractivity contribution in [2.24, 2.45) is 11.8 Å². The van der Waals surface area contributed by atoms with Gasteiger partial charge in [-0.25, -0.2) is 0 Å². The zero-order valence-corrected chi connectivity index (χ0v) is 13.4. The van der Waals surface area contributed by atoms with E-state index in [0.717, 1.165) is 23.9 Å². The molecule has 0 spiro atoms. The summed E-state index contributed by atoms with van der Waals surface area (Å²) in [6.07, 6.45) is 14.5. The summed E-state index contributed by atoms with van der Waals surface area (Å²) in [7, 11) is 0. The van der Waals surface area contributed by atoms with Gasteiger partial charge in [0.1, 0.15) is 0 Å². The molecule has 1 N–H and O–H groups in total. The van der Waals surface area contributed by atoms with Crippen molar-refractivity contribution in [1.82, 2.24) is 10.2 Å². The first-order chi connectivity index (χ1) is 9.85. The van der Waals surface area contributed by atoms with Gasteiger partial charge in [0.25, 0.3) is 0 Å². The van der Waals surface area contributed by atoms with Crippen molar-refractivity contribution in [2.75, 3.05) is 19.6 Å². The minimum atomic E-state index is 0.779. The number of rotatable bonds is 6. The van der Waals surface area contributed by atoms with Crippen molar-refractivity contribution in [1.29, 1.82) is 0 Å². The third-order valence-corrected chi connectivity index (χ3v) is 6.02. The Kier molecular flexibility index (Phi) is 5.39. The van der Waals surface area contributed by atoms with E-state index in [1.807, 2.05) is 0 Å². The summed E-state index contributed by atoms with van der Waals surface area (Å²) in [5, 5.41) is 3.92. The molecule has 2 atom stereocenters. The van der Waals surface area contributed by atoms with E-state index in [1.54, 1.807) is 0 Å². The molecule has 0 radical (unpaired) electrons. The van der Waals surface area contributed by atoms with Crippen LogP contribution in [0, 0.1) is 11.8 Å². The van der Waals surface area contributed by atoms with Gasteiger partial charge in [-0.3, -0.25) is 4.90 Å². The molecule has 20 heavy (non-hydrogen) atoms. The smallest absolute Gasteiger partial charge is 0.0198 e. The van der Waals surface area contributed by atoms with Crippen LogP contribution in [0.25, 0.3) is 0 Å². The number of nitrogens with one attached hydrogen (secondary N) is 1. The number of likely N-dealkylation sites (tertiary alicyclic amines) is 1. The number of hydrogen-bond acceptors (Lipinski definition) is 2. The number of nitrogens with zero attached hydrogens (tertiary/aromatic N) is 1. The second-order valence-electron chi connectivity index (χ2n) is 7.68. The molecule has 1 saturated heterocycles. The molecule has 0 amide bonds. The predicted molar refractivity (Wildman–Crippen MR) is 86.0 cm³/mol. The molecule has 2 heteroatoms. The highest BCUT2D eigenvalue weighted by Gasteiger charge is 2.32. The van der Waals surface area contributed by atoms with E-state index < -0.39 is 0 Å². The second kappa shape index (κ2) is 7.26. The van der Waals surface area contributed by atoms with Crippen LogP contribution in [0.1, 0.15) is 71.1 Å². The lowest BCUT2D eigenvalue weighted by Crippen LogP contribution is -2.53. The first-order valence-corrected chi connectivity index (χ1v) is 9.32. The fourth-order valence-electron chi connectivity index (χ4n) is 4.60. The lowest BCUT2D eigenvalue weighted by atomic mass is 9.84. The van der Waals surface area contributed by atoms with E-state index >= 15 is 0 Å². The van der Waals surface area contributed by atoms with E-state index in [0.29, 0.717) is 0 Å². The van der Waals surface area contributed by atoms with Crippen LogP contribution >= 0.6 is 0 Å². The van der Waals surface area contributed by atoms with E-state index in [4.69, 9.17) is 0 Å². The van der Waals surface area contributed by atoms with Crippen LogP contribution in [-0.4, -0.2) is 36.6 Å². The van der Waals surface area contributed by atoms with Gasteiger partial charge in [0.2, 0.25) is 0 Å². The normalized spacial score (nSPS) is 33.5. The summed E-state index contributed by atoms with van der Waals surface area (Å²) in [5.74, 6) is 1.95. The van der Waals surface area contributed by atoms with Crippen LogP contribution < -0.4 is 5.32 Å². The molecule has 0 aromatic rings. The van der Waals surface area contributed by atoms with Gasteiger partial charge in [0.05, 0.1) is 0 Å². The maximum absolute atomic E-state index is 3.92. The Hall–Kier alpha value is -0.0800. The SMILES string of the molecule is CCCC1CC(NCC2CCC2)CN(C2CCCC2)C1. The van der Waals surface area contributed by atoms with Crippen LogP contribution in [0.4, 0.5) is 0 Å². The Morgan fingerprint density at radius 3 is 2.40 bits per heavy atom. The maximum Gasteiger partial charge on any atom is 0.0198 e. The van der Waals surface area contributed by atoms with Crippen molar-refractivity contribution < 1.29 is 0 Å². The van der Waals surface area contributed by atoms with Crippen LogP contribution in [0.2, 0.25) is 0 Å². The van der Waals surface area contributed by atoms with Gasteiger partial charge >= 0.3 is 0 Å². The van der Waals surface area contributed by atoms with Crippen LogP contribution in [0.15, 0.2) is 0 Å². The maximum atomic E-state index is 3.92. The minimum absolute atomic E-state index is 0.779. The Bertz CT molecular complexity index is 281. The first kappa shape index (κ1) is 14.8. The van der Waals surface area contributed by atoms with Gasteiger partial charge in [-0.2, -0.15) is 0 Å². The molecular formula is C18H34N2. The highest BCUT2D eigenvalue weighted by Crippen LogP contribution is 2.30. The number of hydrogen-bond donors (Lipinski definition) is 1. The van der Waals surface area contributed by atoms with Gasteiger partial charge in [-0.05, 0) is 56.9 Å². The van der Waals surface area contributed by atoms with Crippen molar-refractivity contribution in [3.8, 4) is 0 Å².